The summed E-state index contributed by atoms with van der Waals surface area (Å²) in [5, 5.41) is 3.02. The number of aryl methyl sites for hydroxylation is 2. The van der Waals surface area contributed by atoms with Gasteiger partial charge in [0.15, 0.2) is 0 Å². The molecule has 0 radical (unpaired) electrons. The van der Waals surface area contributed by atoms with E-state index in [1.165, 1.54) is 36.0 Å². The Morgan fingerprint density at radius 2 is 1.96 bits per heavy atom. The maximum absolute atomic E-state index is 11.6. The fraction of sp³-hybridized carbons (Fsp3) is 0.667. The fourth-order valence-corrected chi connectivity index (χ4v) is 4.51. The van der Waals surface area contributed by atoms with Crippen LogP contribution in [0.3, 0.4) is 0 Å². The molecular formula is C21H30N2O3. The molecule has 5 heteroatoms. The molecule has 3 aliphatic rings. The molecule has 1 aromatic rings. The Balaban J connectivity index is 1.42. The summed E-state index contributed by atoms with van der Waals surface area (Å²) >= 11 is 0. The van der Waals surface area contributed by atoms with Gasteiger partial charge in [0.25, 0.3) is 0 Å². The summed E-state index contributed by atoms with van der Waals surface area (Å²) in [6.07, 6.45) is 6.08. The average molecular weight is 358 g/mol. The van der Waals surface area contributed by atoms with Gasteiger partial charge in [0.2, 0.25) is 5.91 Å². The Morgan fingerprint density at radius 3 is 2.73 bits per heavy atom. The van der Waals surface area contributed by atoms with Crippen molar-refractivity contribution in [3.8, 4) is 5.75 Å². The van der Waals surface area contributed by atoms with Crippen molar-refractivity contribution in [3.05, 3.63) is 28.8 Å². The molecule has 2 aliphatic heterocycles. The second-order valence-corrected chi connectivity index (χ2v) is 7.85. The van der Waals surface area contributed by atoms with E-state index < -0.39 is 0 Å². The number of ether oxygens (including phenoxy) is 2. The third kappa shape index (κ3) is 3.74. The molecule has 0 aromatic heterocycles. The van der Waals surface area contributed by atoms with Crippen LogP contribution in [0, 0.1) is 0 Å². The third-order valence-corrected chi connectivity index (χ3v) is 6.08. The Kier molecular flexibility index (Phi) is 5.18. The van der Waals surface area contributed by atoms with Crippen molar-refractivity contribution in [3.63, 3.8) is 0 Å². The van der Waals surface area contributed by atoms with Gasteiger partial charge in [-0.05, 0) is 56.2 Å². The molecule has 1 N–H and O–H groups in total. The topological polar surface area (TPSA) is 50.8 Å². The number of hydrogen-bond acceptors (Lipinski definition) is 4. The number of amides is 1. The lowest BCUT2D eigenvalue weighted by atomic mass is 9.90. The maximum Gasteiger partial charge on any atom is 0.222 e. The summed E-state index contributed by atoms with van der Waals surface area (Å²) in [5.41, 5.74) is 4.13. The lowest BCUT2D eigenvalue weighted by Crippen LogP contribution is -2.50. The van der Waals surface area contributed by atoms with Crippen molar-refractivity contribution in [2.24, 2.45) is 0 Å². The third-order valence-electron chi connectivity index (χ3n) is 6.08. The van der Waals surface area contributed by atoms with Crippen LogP contribution in [0.2, 0.25) is 0 Å². The van der Waals surface area contributed by atoms with E-state index in [1.54, 1.807) is 0 Å². The molecule has 2 fully saturated rings. The van der Waals surface area contributed by atoms with Crippen LogP contribution >= 0.6 is 0 Å². The van der Waals surface area contributed by atoms with Crippen molar-refractivity contribution in [2.75, 3.05) is 32.8 Å². The van der Waals surface area contributed by atoms with Gasteiger partial charge >= 0.3 is 0 Å². The standard InChI is InChI=1S/C21H30N2O3/c1-2-25-19-13-17-5-3-4-16(17)12-18(19)14-23-9-7-21(8-10-23)15-22-20(24)6-11-26-21/h12-13H,2-11,14-15H2,1H3,(H,22,24). The Hall–Kier alpha value is -1.59. The van der Waals surface area contributed by atoms with Crippen LogP contribution in [0.5, 0.6) is 5.75 Å². The first-order valence-corrected chi connectivity index (χ1v) is 10.1. The summed E-state index contributed by atoms with van der Waals surface area (Å²) < 4.78 is 12.0. The van der Waals surface area contributed by atoms with E-state index in [0.29, 0.717) is 26.2 Å². The van der Waals surface area contributed by atoms with Crippen LogP contribution in [0.25, 0.3) is 0 Å². The molecule has 1 aliphatic carbocycles. The molecule has 1 aromatic carbocycles. The monoisotopic (exact) mass is 358 g/mol. The molecule has 26 heavy (non-hydrogen) atoms. The lowest BCUT2D eigenvalue weighted by molar-refractivity contribution is -0.120. The van der Waals surface area contributed by atoms with Gasteiger partial charge in [-0.3, -0.25) is 9.69 Å². The Morgan fingerprint density at radius 1 is 1.19 bits per heavy atom. The molecule has 5 nitrogen and oxygen atoms in total. The van der Waals surface area contributed by atoms with E-state index in [9.17, 15) is 4.79 Å². The van der Waals surface area contributed by atoms with Gasteiger partial charge in [0.05, 0.1) is 18.8 Å². The van der Waals surface area contributed by atoms with Crippen molar-refractivity contribution in [1.29, 1.82) is 0 Å². The summed E-state index contributed by atoms with van der Waals surface area (Å²) in [7, 11) is 0. The first kappa shape index (κ1) is 17.8. The molecule has 1 amide bonds. The van der Waals surface area contributed by atoms with Gasteiger partial charge in [-0.25, -0.2) is 0 Å². The van der Waals surface area contributed by atoms with E-state index in [2.05, 4.69) is 29.3 Å². The summed E-state index contributed by atoms with van der Waals surface area (Å²) in [5.74, 6) is 1.18. The molecule has 0 bridgehead atoms. The second-order valence-electron chi connectivity index (χ2n) is 7.85. The van der Waals surface area contributed by atoms with Crippen LogP contribution in [0.4, 0.5) is 0 Å². The van der Waals surface area contributed by atoms with Crippen molar-refractivity contribution in [2.45, 2.75) is 57.6 Å². The van der Waals surface area contributed by atoms with Crippen molar-refractivity contribution < 1.29 is 14.3 Å². The maximum atomic E-state index is 11.6. The van der Waals surface area contributed by atoms with Crippen LogP contribution < -0.4 is 10.1 Å². The number of likely N-dealkylation sites (tertiary alicyclic amines) is 1. The van der Waals surface area contributed by atoms with Crippen LogP contribution in [-0.2, 0) is 28.9 Å². The quantitative estimate of drug-likeness (QED) is 0.898. The van der Waals surface area contributed by atoms with E-state index in [0.717, 1.165) is 38.2 Å². The zero-order valence-electron chi connectivity index (χ0n) is 15.8. The Bertz CT molecular complexity index is 665. The first-order valence-electron chi connectivity index (χ1n) is 10.1. The van der Waals surface area contributed by atoms with Gasteiger partial charge in [-0.2, -0.15) is 0 Å². The minimum Gasteiger partial charge on any atom is -0.494 e. The summed E-state index contributed by atoms with van der Waals surface area (Å²) in [4.78, 5) is 14.1. The zero-order chi connectivity index (χ0) is 18.0. The van der Waals surface area contributed by atoms with Crippen molar-refractivity contribution >= 4 is 5.91 Å². The smallest absolute Gasteiger partial charge is 0.222 e. The molecule has 1 spiro atoms. The molecule has 2 saturated heterocycles. The average Bonchev–Trinajstić information content (AvgIpc) is 3.02. The minimum atomic E-state index is -0.163. The van der Waals surface area contributed by atoms with E-state index in [-0.39, 0.29) is 11.5 Å². The predicted molar refractivity (Wildman–Crippen MR) is 100 cm³/mol. The number of piperidine rings is 1. The lowest BCUT2D eigenvalue weighted by Gasteiger charge is -2.41. The highest BCUT2D eigenvalue weighted by Crippen LogP contribution is 2.33. The highest BCUT2D eigenvalue weighted by Gasteiger charge is 2.37. The minimum absolute atomic E-state index is 0.115. The first-order chi connectivity index (χ1) is 12.7. The number of carbonyl (C=O) groups excluding carboxylic acids is 1. The molecule has 0 saturated carbocycles. The molecule has 0 unspecified atom stereocenters. The van der Waals surface area contributed by atoms with Gasteiger partial charge in [0.1, 0.15) is 5.75 Å². The van der Waals surface area contributed by atoms with Crippen LogP contribution in [-0.4, -0.2) is 49.3 Å². The van der Waals surface area contributed by atoms with Gasteiger partial charge in [-0.1, -0.05) is 6.07 Å². The van der Waals surface area contributed by atoms with Gasteiger partial charge < -0.3 is 14.8 Å². The second kappa shape index (κ2) is 7.57. The Labute approximate surface area is 156 Å². The highest BCUT2D eigenvalue weighted by molar-refractivity contribution is 5.76. The SMILES string of the molecule is CCOc1cc2c(cc1CN1CCC3(CC1)CNC(=O)CCO3)CCC2. The zero-order valence-corrected chi connectivity index (χ0v) is 15.8. The number of benzene rings is 1. The number of hydrogen-bond donors (Lipinski definition) is 1. The number of fused-ring (bicyclic) bond motifs is 1. The molecule has 2 heterocycles. The number of rotatable bonds is 4. The summed E-state index contributed by atoms with van der Waals surface area (Å²) in [6.45, 7) is 6.90. The fourth-order valence-electron chi connectivity index (χ4n) is 4.51. The highest BCUT2D eigenvalue weighted by atomic mass is 16.5. The molecule has 0 atom stereocenters. The predicted octanol–water partition coefficient (Wildman–Crippen LogP) is 2.45. The van der Waals surface area contributed by atoms with Crippen molar-refractivity contribution in [1.82, 2.24) is 10.2 Å². The van der Waals surface area contributed by atoms with Crippen LogP contribution in [0.1, 0.15) is 49.3 Å². The molecule has 142 valence electrons. The molecule has 4 rings (SSSR count). The van der Waals surface area contributed by atoms with E-state index in [1.807, 2.05) is 0 Å². The number of carbonyl (C=O) groups is 1. The van der Waals surface area contributed by atoms with Gasteiger partial charge in [0, 0.05) is 38.2 Å². The van der Waals surface area contributed by atoms with Crippen LogP contribution in [0.15, 0.2) is 12.1 Å². The summed E-state index contributed by atoms with van der Waals surface area (Å²) in [6, 6.07) is 4.65. The normalized spacial score (nSPS) is 22.7. The van der Waals surface area contributed by atoms with E-state index in [4.69, 9.17) is 9.47 Å². The van der Waals surface area contributed by atoms with Gasteiger partial charge in [-0.15, -0.1) is 0 Å². The van der Waals surface area contributed by atoms with E-state index >= 15 is 0 Å². The number of nitrogens with zero attached hydrogens (tertiary/aromatic N) is 1. The molecular weight excluding hydrogens is 328 g/mol. The largest absolute Gasteiger partial charge is 0.494 e. The number of nitrogens with one attached hydrogen (secondary N) is 1.